The van der Waals surface area contributed by atoms with E-state index in [4.69, 9.17) is 0 Å². The van der Waals surface area contributed by atoms with Gasteiger partial charge in [-0.15, -0.1) is 0 Å². The van der Waals surface area contributed by atoms with Crippen molar-refractivity contribution >= 4 is 21.8 Å². The quantitative estimate of drug-likeness (QED) is 0.577. The molecule has 0 unspecified atom stereocenters. The number of hydrogen-bond donors (Lipinski definition) is 0. The van der Waals surface area contributed by atoms with Crippen molar-refractivity contribution in [1.29, 1.82) is 0 Å². The zero-order valence-corrected chi connectivity index (χ0v) is 12.2. The number of unbranched alkanes of at least 4 members (excludes halogenated alkanes) is 2. The largest absolute Gasteiger partial charge is 0.342 e. The van der Waals surface area contributed by atoms with Gasteiger partial charge in [-0.05, 0) is 24.1 Å². The lowest BCUT2D eigenvalue weighted by atomic mass is 10.1. The normalized spacial score (nSPS) is 10.3. The lowest BCUT2D eigenvalue weighted by Gasteiger charge is -2.17. The highest BCUT2D eigenvalue weighted by molar-refractivity contribution is 9.08. The third-order valence-electron chi connectivity index (χ3n) is 2.80. The number of alkyl halides is 1. The number of carbonyl (C=O) groups is 1. The highest BCUT2D eigenvalue weighted by atomic mass is 79.9. The van der Waals surface area contributed by atoms with Gasteiger partial charge in [0.05, 0.1) is 0 Å². The Kier molecular flexibility index (Phi) is 6.27. The second-order valence-electron chi connectivity index (χ2n) is 4.26. The van der Waals surface area contributed by atoms with Gasteiger partial charge in [-0.3, -0.25) is 4.79 Å². The van der Waals surface area contributed by atoms with Crippen molar-refractivity contribution in [2.24, 2.45) is 0 Å². The van der Waals surface area contributed by atoms with Crippen LogP contribution in [0, 0.1) is 0 Å². The van der Waals surface area contributed by atoms with Crippen LogP contribution in [0.25, 0.3) is 0 Å². The molecule has 0 N–H and O–H groups in total. The van der Waals surface area contributed by atoms with E-state index in [2.05, 4.69) is 22.9 Å². The molecule has 1 rings (SSSR count). The van der Waals surface area contributed by atoms with E-state index in [1.165, 1.54) is 18.4 Å². The number of hydrogen-bond acceptors (Lipinski definition) is 1. The van der Waals surface area contributed by atoms with Crippen LogP contribution in [-0.4, -0.2) is 24.4 Å². The second-order valence-corrected chi connectivity index (χ2v) is 4.83. The van der Waals surface area contributed by atoms with Crippen LogP contribution in [0.15, 0.2) is 24.3 Å². The third kappa shape index (κ3) is 4.50. The van der Waals surface area contributed by atoms with Gasteiger partial charge >= 0.3 is 0 Å². The minimum atomic E-state index is 0.113. The molecule has 2 nitrogen and oxygen atoms in total. The minimum absolute atomic E-state index is 0.113. The van der Waals surface area contributed by atoms with E-state index in [-0.39, 0.29) is 5.91 Å². The molecule has 17 heavy (non-hydrogen) atoms. The Morgan fingerprint density at radius 2 is 1.88 bits per heavy atom. The molecule has 1 amide bonds. The topological polar surface area (TPSA) is 20.3 Å². The molecule has 0 aliphatic rings. The Morgan fingerprint density at radius 3 is 2.41 bits per heavy atom. The van der Waals surface area contributed by atoms with Gasteiger partial charge in [-0.2, -0.15) is 0 Å². The van der Waals surface area contributed by atoms with Gasteiger partial charge in [0.2, 0.25) is 0 Å². The van der Waals surface area contributed by atoms with Crippen LogP contribution in [-0.2, 0) is 5.33 Å². The summed E-state index contributed by atoms with van der Waals surface area (Å²) in [6.07, 6.45) is 3.44. The standard InChI is InChI=1S/C14H20BrNO/c1-3-4-5-10-16(2)14(17)13-8-6-12(11-15)7-9-13/h6-9H,3-5,10-11H2,1-2H3. The van der Waals surface area contributed by atoms with E-state index in [1.807, 2.05) is 31.3 Å². The van der Waals surface area contributed by atoms with Gasteiger partial charge < -0.3 is 4.90 Å². The zero-order chi connectivity index (χ0) is 12.7. The average Bonchev–Trinajstić information content (AvgIpc) is 2.38. The molecule has 0 saturated heterocycles. The molecule has 0 aliphatic carbocycles. The fraction of sp³-hybridized carbons (Fsp3) is 0.500. The van der Waals surface area contributed by atoms with Gasteiger partial charge in [0, 0.05) is 24.5 Å². The SMILES string of the molecule is CCCCCN(C)C(=O)c1ccc(CBr)cc1. The van der Waals surface area contributed by atoms with E-state index < -0.39 is 0 Å². The summed E-state index contributed by atoms with van der Waals surface area (Å²) in [4.78, 5) is 13.9. The summed E-state index contributed by atoms with van der Waals surface area (Å²) in [7, 11) is 1.87. The number of nitrogens with zero attached hydrogens (tertiary/aromatic N) is 1. The molecule has 0 atom stereocenters. The molecule has 94 valence electrons. The molecule has 0 heterocycles. The summed E-state index contributed by atoms with van der Waals surface area (Å²) in [5.74, 6) is 0.113. The number of halogens is 1. The number of amides is 1. The Balaban J connectivity index is 2.55. The molecule has 1 aromatic rings. The second kappa shape index (κ2) is 7.49. The molecule has 0 spiro atoms. The molecule has 3 heteroatoms. The van der Waals surface area contributed by atoms with Crippen LogP contribution in [0.2, 0.25) is 0 Å². The fourth-order valence-electron chi connectivity index (χ4n) is 1.66. The summed E-state index contributed by atoms with van der Waals surface area (Å²) in [5, 5.41) is 0.827. The van der Waals surface area contributed by atoms with E-state index in [0.717, 1.165) is 23.9 Å². The number of benzene rings is 1. The van der Waals surface area contributed by atoms with Crippen LogP contribution < -0.4 is 0 Å². The van der Waals surface area contributed by atoms with Gasteiger partial charge in [0.25, 0.3) is 5.91 Å². The Morgan fingerprint density at radius 1 is 1.24 bits per heavy atom. The number of rotatable bonds is 6. The Labute approximate surface area is 112 Å². The zero-order valence-electron chi connectivity index (χ0n) is 10.6. The molecule has 0 radical (unpaired) electrons. The van der Waals surface area contributed by atoms with Gasteiger partial charge in [0.1, 0.15) is 0 Å². The Hall–Kier alpha value is -0.830. The van der Waals surface area contributed by atoms with Crippen molar-refractivity contribution in [3.05, 3.63) is 35.4 Å². The van der Waals surface area contributed by atoms with Gasteiger partial charge in [-0.25, -0.2) is 0 Å². The smallest absolute Gasteiger partial charge is 0.253 e. The van der Waals surface area contributed by atoms with Crippen molar-refractivity contribution in [2.75, 3.05) is 13.6 Å². The van der Waals surface area contributed by atoms with Crippen LogP contribution in [0.4, 0.5) is 0 Å². The summed E-state index contributed by atoms with van der Waals surface area (Å²) >= 11 is 3.39. The molecule has 0 saturated carbocycles. The molecule has 0 aromatic heterocycles. The maximum atomic E-state index is 12.1. The van der Waals surface area contributed by atoms with Crippen LogP contribution in [0.1, 0.15) is 42.1 Å². The summed E-state index contributed by atoms with van der Waals surface area (Å²) < 4.78 is 0. The van der Waals surface area contributed by atoms with Crippen molar-refractivity contribution in [3.63, 3.8) is 0 Å². The van der Waals surface area contributed by atoms with E-state index >= 15 is 0 Å². The first-order valence-corrected chi connectivity index (χ1v) is 7.21. The van der Waals surface area contributed by atoms with Crippen molar-refractivity contribution in [1.82, 2.24) is 4.90 Å². The van der Waals surface area contributed by atoms with Crippen molar-refractivity contribution < 1.29 is 4.79 Å². The molecule has 1 aromatic carbocycles. The first-order chi connectivity index (χ1) is 8.19. The van der Waals surface area contributed by atoms with Crippen LogP contribution in [0.5, 0.6) is 0 Å². The molecular weight excluding hydrogens is 278 g/mol. The predicted octanol–water partition coefficient (Wildman–Crippen LogP) is 3.84. The van der Waals surface area contributed by atoms with E-state index in [1.54, 1.807) is 4.90 Å². The molecule has 0 bridgehead atoms. The van der Waals surface area contributed by atoms with Gasteiger partial charge in [-0.1, -0.05) is 47.8 Å². The summed E-state index contributed by atoms with van der Waals surface area (Å²) in [6, 6.07) is 7.77. The fourth-order valence-corrected chi connectivity index (χ4v) is 2.03. The third-order valence-corrected chi connectivity index (χ3v) is 3.45. The van der Waals surface area contributed by atoms with Crippen LogP contribution >= 0.6 is 15.9 Å². The average molecular weight is 298 g/mol. The lowest BCUT2D eigenvalue weighted by molar-refractivity contribution is 0.0792. The lowest BCUT2D eigenvalue weighted by Crippen LogP contribution is -2.27. The van der Waals surface area contributed by atoms with Crippen molar-refractivity contribution in [3.8, 4) is 0 Å². The van der Waals surface area contributed by atoms with E-state index in [9.17, 15) is 4.79 Å². The maximum absolute atomic E-state index is 12.1. The van der Waals surface area contributed by atoms with Crippen molar-refractivity contribution in [2.45, 2.75) is 31.5 Å². The highest BCUT2D eigenvalue weighted by Gasteiger charge is 2.10. The molecule has 0 fully saturated rings. The predicted molar refractivity (Wildman–Crippen MR) is 75.6 cm³/mol. The number of carbonyl (C=O) groups excluding carboxylic acids is 1. The van der Waals surface area contributed by atoms with Crippen LogP contribution in [0.3, 0.4) is 0 Å². The monoisotopic (exact) mass is 297 g/mol. The minimum Gasteiger partial charge on any atom is -0.342 e. The molecular formula is C14H20BrNO. The Bertz CT molecular complexity index is 348. The van der Waals surface area contributed by atoms with Gasteiger partial charge in [0.15, 0.2) is 0 Å². The summed E-state index contributed by atoms with van der Waals surface area (Å²) in [5.41, 5.74) is 1.96. The highest BCUT2D eigenvalue weighted by Crippen LogP contribution is 2.10. The first-order valence-electron chi connectivity index (χ1n) is 6.09. The maximum Gasteiger partial charge on any atom is 0.253 e. The first kappa shape index (κ1) is 14.2. The molecule has 0 aliphatic heterocycles. The van der Waals surface area contributed by atoms with E-state index in [0.29, 0.717) is 0 Å². The summed E-state index contributed by atoms with van der Waals surface area (Å²) in [6.45, 7) is 3.01.